The standard InChI is InChI=1S/C24H24N4O6/c1-14-5-6-15(2)19(11-14)28-22(29)10-9-18(26-28)24(30)33-13-21-25-23(27-34-21)17-8-7-16(31-3)12-20(17)32-4/h5-8,11-12H,9-10,13H2,1-4H3. The number of carbonyl (C=O) groups excluding carboxylic acids is 2. The number of ether oxygens (including phenoxy) is 3. The molecule has 0 atom stereocenters. The summed E-state index contributed by atoms with van der Waals surface area (Å²) in [6.07, 6.45) is 0.348. The molecule has 1 amide bonds. The molecule has 176 valence electrons. The number of benzene rings is 2. The highest BCUT2D eigenvalue weighted by molar-refractivity contribution is 6.38. The van der Waals surface area contributed by atoms with Crippen LogP contribution >= 0.6 is 0 Å². The fourth-order valence-corrected chi connectivity index (χ4v) is 3.45. The van der Waals surface area contributed by atoms with Gasteiger partial charge in [0.05, 0.1) is 25.5 Å². The largest absolute Gasteiger partial charge is 0.497 e. The van der Waals surface area contributed by atoms with Gasteiger partial charge >= 0.3 is 5.97 Å². The number of amides is 1. The predicted molar refractivity (Wildman–Crippen MR) is 123 cm³/mol. The molecule has 0 radical (unpaired) electrons. The minimum Gasteiger partial charge on any atom is -0.497 e. The van der Waals surface area contributed by atoms with Gasteiger partial charge in [-0.05, 0) is 43.2 Å². The van der Waals surface area contributed by atoms with Gasteiger partial charge in [-0.15, -0.1) is 0 Å². The van der Waals surface area contributed by atoms with E-state index >= 15 is 0 Å². The van der Waals surface area contributed by atoms with Crippen LogP contribution in [0.3, 0.4) is 0 Å². The van der Waals surface area contributed by atoms with Crippen LogP contribution in [0.5, 0.6) is 11.5 Å². The first-order valence-corrected chi connectivity index (χ1v) is 10.6. The fourth-order valence-electron chi connectivity index (χ4n) is 3.45. The highest BCUT2D eigenvalue weighted by atomic mass is 16.6. The molecule has 0 saturated heterocycles. The molecule has 3 aromatic rings. The lowest BCUT2D eigenvalue weighted by atomic mass is 10.1. The number of nitrogens with zero attached hydrogens (tertiary/aromatic N) is 4. The Labute approximate surface area is 196 Å². The van der Waals surface area contributed by atoms with Crippen molar-refractivity contribution in [2.45, 2.75) is 33.3 Å². The van der Waals surface area contributed by atoms with E-state index < -0.39 is 5.97 Å². The number of rotatable bonds is 7. The third kappa shape index (κ3) is 4.75. The van der Waals surface area contributed by atoms with Gasteiger partial charge in [-0.1, -0.05) is 17.3 Å². The molecule has 0 spiro atoms. The van der Waals surface area contributed by atoms with E-state index in [2.05, 4.69) is 15.2 Å². The van der Waals surface area contributed by atoms with Gasteiger partial charge in [0.2, 0.25) is 11.7 Å². The number of hydrogen-bond donors (Lipinski definition) is 0. The van der Waals surface area contributed by atoms with Crippen molar-refractivity contribution in [2.75, 3.05) is 19.2 Å². The average molecular weight is 464 g/mol. The van der Waals surface area contributed by atoms with Gasteiger partial charge in [-0.3, -0.25) is 4.79 Å². The zero-order valence-electron chi connectivity index (χ0n) is 19.3. The molecule has 10 nitrogen and oxygen atoms in total. The summed E-state index contributed by atoms with van der Waals surface area (Å²) in [4.78, 5) is 29.4. The van der Waals surface area contributed by atoms with Gasteiger partial charge in [0.25, 0.3) is 5.89 Å². The molecule has 1 aliphatic heterocycles. The quantitative estimate of drug-likeness (QED) is 0.487. The summed E-state index contributed by atoms with van der Waals surface area (Å²) in [5.41, 5.74) is 3.26. The van der Waals surface area contributed by atoms with Crippen molar-refractivity contribution in [1.29, 1.82) is 0 Å². The molecular formula is C24H24N4O6. The molecule has 34 heavy (non-hydrogen) atoms. The summed E-state index contributed by atoms with van der Waals surface area (Å²) < 4.78 is 21.1. The Morgan fingerprint density at radius 1 is 1.09 bits per heavy atom. The third-order valence-corrected chi connectivity index (χ3v) is 5.31. The first-order chi connectivity index (χ1) is 16.4. The maximum Gasteiger partial charge on any atom is 0.355 e. The van der Waals surface area contributed by atoms with Crippen molar-refractivity contribution in [3.63, 3.8) is 0 Å². The number of hydrazone groups is 1. The Morgan fingerprint density at radius 3 is 2.68 bits per heavy atom. The molecular weight excluding hydrogens is 440 g/mol. The highest BCUT2D eigenvalue weighted by Crippen LogP contribution is 2.31. The summed E-state index contributed by atoms with van der Waals surface area (Å²) in [7, 11) is 3.08. The van der Waals surface area contributed by atoms with Gasteiger partial charge in [-0.25, -0.2) is 4.79 Å². The second kappa shape index (κ2) is 9.74. The minimum atomic E-state index is -0.649. The Hall–Kier alpha value is -4.21. The number of esters is 1. The first-order valence-electron chi connectivity index (χ1n) is 10.6. The van der Waals surface area contributed by atoms with Gasteiger partial charge in [0.1, 0.15) is 17.2 Å². The van der Waals surface area contributed by atoms with Crippen LogP contribution in [0.25, 0.3) is 11.4 Å². The Bertz CT molecular complexity index is 1270. The lowest BCUT2D eigenvalue weighted by Crippen LogP contribution is -2.35. The van der Waals surface area contributed by atoms with Crippen molar-refractivity contribution in [3.8, 4) is 22.9 Å². The number of aromatic nitrogens is 2. The molecule has 0 fully saturated rings. The summed E-state index contributed by atoms with van der Waals surface area (Å²) in [5, 5.41) is 9.48. The van der Waals surface area contributed by atoms with Gasteiger partial charge in [0, 0.05) is 18.9 Å². The van der Waals surface area contributed by atoms with E-state index in [1.807, 2.05) is 32.0 Å². The number of carbonyl (C=O) groups is 2. The molecule has 2 heterocycles. The van der Waals surface area contributed by atoms with Crippen LogP contribution in [-0.2, 0) is 20.9 Å². The van der Waals surface area contributed by atoms with Crippen molar-refractivity contribution >= 4 is 23.3 Å². The van der Waals surface area contributed by atoms with Crippen LogP contribution in [0.4, 0.5) is 5.69 Å². The average Bonchev–Trinajstić information content (AvgIpc) is 3.32. The van der Waals surface area contributed by atoms with Crippen LogP contribution in [0.2, 0.25) is 0 Å². The number of anilines is 1. The van der Waals surface area contributed by atoms with Crippen molar-refractivity contribution < 1.29 is 28.3 Å². The lowest BCUT2D eigenvalue weighted by molar-refractivity contribution is -0.137. The number of methoxy groups -OCH3 is 2. The van der Waals surface area contributed by atoms with E-state index in [0.717, 1.165) is 11.1 Å². The molecule has 2 aromatic carbocycles. The summed E-state index contributed by atoms with van der Waals surface area (Å²) in [6, 6.07) is 10.9. The Balaban J connectivity index is 1.47. The molecule has 10 heteroatoms. The Morgan fingerprint density at radius 2 is 1.91 bits per heavy atom. The molecule has 0 saturated carbocycles. The van der Waals surface area contributed by atoms with Crippen molar-refractivity contribution in [3.05, 3.63) is 53.4 Å². The van der Waals surface area contributed by atoms with E-state index in [0.29, 0.717) is 22.7 Å². The first kappa shape index (κ1) is 23.0. The SMILES string of the molecule is COc1ccc(-c2noc(COC(=O)C3=NN(c4cc(C)ccc4C)C(=O)CC3)n2)c(OC)c1. The number of aryl methyl sites for hydroxylation is 2. The van der Waals surface area contributed by atoms with E-state index in [-0.39, 0.29) is 42.8 Å². The molecule has 0 unspecified atom stereocenters. The maximum atomic E-state index is 12.6. The molecule has 1 aromatic heterocycles. The summed E-state index contributed by atoms with van der Waals surface area (Å²) in [6.45, 7) is 3.58. The molecule has 0 bridgehead atoms. The third-order valence-electron chi connectivity index (χ3n) is 5.31. The molecule has 0 aliphatic carbocycles. The van der Waals surface area contributed by atoms with Gasteiger partial charge in [0.15, 0.2) is 6.61 Å². The highest BCUT2D eigenvalue weighted by Gasteiger charge is 2.28. The normalized spacial score (nSPS) is 13.5. The zero-order chi connectivity index (χ0) is 24.2. The smallest absolute Gasteiger partial charge is 0.355 e. The van der Waals surface area contributed by atoms with E-state index in [1.165, 1.54) is 12.1 Å². The van der Waals surface area contributed by atoms with Crippen LogP contribution < -0.4 is 14.5 Å². The van der Waals surface area contributed by atoms with Gasteiger partial charge in [-0.2, -0.15) is 15.1 Å². The van der Waals surface area contributed by atoms with Crippen LogP contribution in [0, 0.1) is 13.8 Å². The topological polar surface area (TPSA) is 116 Å². The van der Waals surface area contributed by atoms with E-state index in [9.17, 15) is 9.59 Å². The van der Waals surface area contributed by atoms with Crippen molar-refractivity contribution in [1.82, 2.24) is 10.1 Å². The van der Waals surface area contributed by atoms with Crippen LogP contribution in [0.1, 0.15) is 29.9 Å². The second-order valence-corrected chi connectivity index (χ2v) is 7.70. The Kier molecular flexibility index (Phi) is 6.58. The van der Waals surface area contributed by atoms with E-state index in [4.69, 9.17) is 18.7 Å². The fraction of sp³-hybridized carbons (Fsp3) is 0.292. The maximum absolute atomic E-state index is 12.6. The van der Waals surface area contributed by atoms with E-state index in [1.54, 1.807) is 25.3 Å². The molecule has 4 rings (SSSR count). The monoisotopic (exact) mass is 464 g/mol. The zero-order valence-corrected chi connectivity index (χ0v) is 19.3. The lowest BCUT2D eigenvalue weighted by Gasteiger charge is -2.24. The molecule has 0 N–H and O–H groups in total. The van der Waals surface area contributed by atoms with Gasteiger partial charge < -0.3 is 18.7 Å². The van der Waals surface area contributed by atoms with Crippen LogP contribution in [0.15, 0.2) is 46.0 Å². The molecule has 1 aliphatic rings. The second-order valence-electron chi connectivity index (χ2n) is 7.70. The number of hydrogen-bond acceptors (Lipinski definition) is 9. The summed E-state index contributed by atoms with van der Waals surface area (Å²) in [5.74, 6) is 0.702. The minimum absolute atomic E-state index is 0.111. The predicted octanol–water partition coefficient (Wildman–Crippen LogP) is 3.60. The van der Waals surface area contributed by atoms with Crippen molar-refractivity contribution in [2.24, 2.45) is 5.10 Å². The van der Waals surface area contributed by atoms with Crippen LogP contribution in [-0.4, -0.2) is 41.9 Å². The summed E-state index contributed by atoms with van der Waals surface area (Å²) >= 11 is 0.